The van der Waals surface area contributed by atoms with Crippen molar-refractivity contribution in [1.29, 1.82) is 0 Å². The van der Waals surface area contributed by atoms with Gasteiger partial charge in [-0.05, 0) is 38.8 Å². The second kappa shape index (κ2) is 6.39. The van der Waals surface area contributed by atoms with Gasteiger partial charge in [0.05, 0.1) is 18.2 Å². The number of aryl methyl sites for hydroxylation is 2. The lowest BCUT2D eigenvalue weighted by atomic mass is 9.96. The summed E-state index contributed by atoms with van der Waals surface area (Å²) >= 11 is 0. The highest BCUT2D eigenvalue weighted by Crippen LogP contribution is 2.19. The molecule has 7 nitrogen and oxygen atoms in total. The number of nitrogens with zero attached hydrogens (tertiary/aromatic N) is 6. The topological polar surface area (TPSA) is 68.8 Å². The predicted molar refractivity (Wildman–Crippen MR) is 82.2 cm³/mol. The first-order chi connectivity index (χ1) is 10.6. The van der Waals surface area contributed by atoms with Crippen LogP contribution in [-0.2, 0) is 20.1 Å². The Morgan fingerprint density at radius 2 is 2.05 bits per heavy atom. The Bertz CT molecular complexity index is 683. The molecule has 1 aliphatic heterocycles. The molecule has 3 rings (SSSR count). The monoisotopic (exact) mass is 302 g/mol. The van der Waals surface area contributed by atoms with E-state index in [0.29, 0.717) is 11.5 Å². The molecule has 0 spiro atoms. The van der Waals surface area contributed by atoms with Crippen molar-refractivity contribution >= 4 is 0 Å². The van der Waals surface area contributed by atoms with Crippen molar-refractivity contribution in [2.75, 3.05) is 13.1 Å². The molecule has 1 fully saturated rings. The first-order valence-corrected chi connectivity index (χ1v) is 7.70. The van der Waals surface area contributed by atoms with Gasteiger partial charge in [0.25, 0.3) is 5.56 Å². The molecule has 0 N–H and O–H groups in total. The average Bonchev–Trinajstić information content (AvgIpc) is 2.91. The van der Waals surface area contributed by atoms with Gasteiger partial charge in [-0.2, -0.15) is 0 Å². The van der Waals surface area contributed by atoms with Gasteiger partial charge in [-0.1, -0.05) is 5.21 Å². The Morgan fingerprint density at radius 3 is 2.73 bits per heavy atom. The van der Waals surface area contributed by atoms with E-state index >= 15 is 0 Å². The van der Waals surface area contributed by atoms with Crippen LogP contribution in [0, 0.1) is 12.8 Å². The number of hydrogen-bond donors (Lipinski definition) is 0. The van der Waals surface area contributed by atoms with E-state index in [9.17, 15) is 4.79 Å². The smallest absolute Gasteiger partial charge is 0.256 e. The average molecular weight is 302 g/mol. The lowest BCUT2D eigenvalue weighted by Gasteiger charge is -2.31. The van der Waals surface area contributed by atoms with Gasteiger partial charge in [-0.3, -0.25) is 18.9 Å². The van der Waals surface area contributed by atoms with Gasteiger partial charge in [-0.25, -0.2) is 4.98 Å². The highest BCUT2D eigenvalue weighted by Gasteiger charge is 2.21. The largest absolute Gasteiger partial charge is 0.299 e. The zero-order chi connectivity index (χ0) is 15.5. The molecular weight excluding hydrogens is 280 g/mol. The fourth-order valence-corrected chi connectivity index (χ4v) is 2.98. The zero-order valence-corrected chi connectivity index (χ0v) is 13.1. The van der Waals surface area contributed by atoms with Gasteiger partial charge in [0, 0.05) is 31.9 Å². The lowest BCUT2D eigenvalue weighted by molar-refractivity contribution is 0.163. The fourth-order valence-electron chi connectivity index (χ4n) is 2.98. The van der Waals surface area contributed by atoms with E-state index in [2.05, 4.69) is 20.2 Å². The number of piperidine rings is 1. The van der Waals surface area contributed by atoms with Crippen LogP contribution < -0.4 is 5.56 Å². The Labute approximate surface area is 129 Å². The van der Waals surface area contributed by atoms with Crippen LogP contribution in [0.2, 0.25) is 0 Å². The first-order valence-electron chi connectivity index (χ1n) is 7.70. The normalized spacial score (nSPS) is 17.0. The summed E-state index contributed by atoms with van der Waals surface area (Å²) in [6.45, 7) is 5.57. The molecule has 0 atom stereocenters. The van der Waals surface area contributed by atoms with Gasteiger partial charge >= 0.3 is 0 Å². The maximum Gasteiger partial charge on any atom is 0.256 e. The SMILES string of the molecule is Cc1cncn(CC2CCN(Cc3cnnn3C)CC2)c1=O. The summed E-state index contributed by atoms with van der Waals surface area (Å²) in [4.78, 5) is 18.6. The van der Waals surface area contributed by atoms with Crippen molar-refractivity contribution in [1.82, 2.24) is 29.4 Å². The maximum atomic E-state index is 12.1. The van der Waals surface area contributed by atoms with Crippen molar-refractivity contribution < 1.29 is 0 Å². The van der Waals surface area contributed by atoms with Crippen LogP contribution in [-0.4, -0.2) is 42.5 Å². The highest BCUT2D eigenvalue weighted by molar-refractivity contribution is 5.00. The molecule has 0 radical (unpaired) electrons. The number of aromatic nitrogens is 5. The molecular formula is C15H22N6O. The molecule has 0 amide bonds. The van der Waals surface area contributed by atoms with E-state index in [1.165, 1.54) is 0 Å². The summed E-state index contributed by atoms with van der Waals surface area (Å²) < 4.78 is 3.57. The Kier molecular flexibility index (Phi) is 4.33. The molecule has 1 saturated heterocycles. The first kappa shape index (κ1) is 14.9. The standard InChI is InChI=1S/C15H22N6O/c1-12-7-16-11-21(15(12)22)9-13-3-5-20(6-4-13)10-14-8-17-18-19(14)2/h7-8,11,13H,3-6,9-10H2,1-2H3. The van der Waals surface area contributed by atoms with Crippen LogP contribution in [0.15, 0.2) is 23.5 Å². The lowest BCUT2D eigenvalue weighted by Crippen LogP contribution is -2.36. The van der Waals surface area contributed by atoms with Crippen LogP contribution in [0.1, 0.15) is 24.1 Å². The second-order valence-corrected chi connectivity index (χ2v) is 6.10. The predicted octanol–water partition coefficient (Wildman–Crippen LogP) is 0.592. The third-order valence-corrected chi connectivity index (χ3v) is 4.43. The minimum absolute atomic E-state index is 0.0818. The Hall–Kier alpha value is -2.02. The molecule has 2 aromatic heterocycles. The van der Waals surface area contributed by atoms with Crippen LogP contribution in [0.25, 0.3) is 0 Å². The summed E-state index contributed by atoms with van der Waals surface area (Å²) in [6.07, 6.45) is 7.31. The van der Waals surface area contributed by atoms with Crippen molar-refractivity contribution in [3.63, 3.8) is 0 Å². The third-order valence-electron chi connectivity index (χ3n) is 4.43. The van der Waals surface area contributed by atoms with E-state index in [1.807, 2.05) is 24.9 Å². The van der Waals surface area contributed by atoms with Gasteiger partial charge in [0.2, 0.25) is 0 Å². The Balaban J connectivity index is 1.55. The molecule has 0 saturated carbocycles. The molecule has 118 valence electrons. The van der Waals surface area contributed by atoms with Gasteiger partial charge in [-0.15, -0.1) is 5.10 Å². The molecule has 0 unspecified atom stereocenters. The minimum Gasteiger partial charge on any atom is -0.299 e. The summed E-state index contributed by atoms with van der Waals surface area (Å²) in [6, 6.07) is 0. The van der Waals surface area contributed by atoms with Crippen LogP contribution >= 0.6 is 0 Å². The van der Waals surface area contributed by atoms with Crippen LogP contribution in [0.4, 0.5) is 0 Å². The molecule has 22 heavy (non-hydrogen) atoms. The number of rotatable bonds is 4. The zero-order valence-electron chi connectivity index (χ0n) is 13.1. The van der Waals surface area contributed by atoms with Gasteiger partial charge in [0.15, 0.2) is 0 Å². The highest BCUT2D eigenvalue weighted by atomic mass is 16.1. The summed E-state index contributed by atoms with van der Waals surface area (Å²) in [5.41, 5.74) is 1.93. The van der Waals surface area contributed by atoms with Gasteiger partial charge < -0.3 is 0 Å². The fraction of sp³-hybridized carbons (Fsp3) is 0.600. The van der Waals surface area contributed by atoms with Crippen molar-refractivity contribution in [2.45, 2.75) is 32.9 Å². The van der Waals surface area contributed by atoms with Crippen molar-refractivity contribution in [3.8, 4) is 0 Å². The van der Waals surface area contributed by atoms with E-state index in [1.54, 1.807) is 17.1 Å². The second-order valence-electron chi connectivity index (χ2n) is 6.10. The van der Waals surface area contributed by atoms with Crippen LogP contribution in [0.3, 0.4) is 0 Å². The molecule has 2 aromatic rings. The van der Waals surface area contributed by atoms with Crippen LogP contribution in [0.5, 0.6) is 0 Å². The van der Waals surface area contributed by atoms with E-state index in [-0.39, 0.29) is 5.56 Å². The summed E-state index contributed by atoms with van der Waals surface area (Å²) in [5, 5.41) is 7.88. The third kappa shape index (κ3) is 3.24. The molecule has 3 heterocycles. The quantitative estimate of drug-likeness (QED) is 0.827. The molecule has 1 aliphatic rings. The van der Waals surface area contributed by atoms with Crippen molar-refractivity contribution in [3.05, 3.63) is 40.3 Å². The molecule has 7 heteroatoms. The molecule has 0 aliphatic carbocycles. The summed E-state index contributed by atoms with van der Waals surface area (Å²) in [5.74, 6) is 0.544. The molecule has 0 bridgehead atoms. The minimum atomic E-state index is 0.0818. The van der Waals surface area contributed by atoms with E-state index < -0.39 is 0 Å². The van der Waals surface area contributed by atoms with E-state index in [0.717, 1.165) is 44.7 Å². The van der Waals surface area contributed by atoms with E-state index in [4.69, 9.17) is 0 Å². The number of hydrogen-bond acceptors (Lipinski definition) is 5. The van der Waals surface area contributed by atoms with Gasteiger partial charge in [0.1, 0.15) is 0 Å². The molecule has 0 aromatic carbocycles. The number of likely N-dealkylation sites (tertiary alicyclic amines) is 1. The van der Waals surface area contributed by atoms with Crippen molar-refractivity contribution in [2.24, 2.45) is 13.0 Å². The maximum absolute atomic E-state index is 12.1. The Morgan fingerprint density at radius 1 is 1.27 bits per heavy atom. The summed E-state index contributed by atoms with van der Waals surface area (Å²) in [7, 11) is 1.92.